The molecule has 7 heteroatoms. The van der Waals surface area contributed by atoms with Gasteiger partial charge in [0.05, 0.1) is 6.54 Å². The van der Waals surface area contributed by atoms with Gasteiger partial charge in [-0.15, -0.1) is 0 Å². The van der Waals surface area contributed by atoms with E-state index in [2.05, 4.69) is 10.2 Å². The van der Waals surface area contributed by atoms with Gasteiger partial charge in [-0.3, -0.25) is 9.59 Å². The van der Waals surface area contributed by atoms with E-state index >= 15 is 0 Å². The summed E-state index contributed by atoms with van der Waals surface area (Å²) < 4.78 is 0. The summed E-state index contributed by atoms with van der Waals surface area (Å²) in [5.41, 5.74) is 7.76. The molecule has 1 aliphatic rings. The Morgan fingerprint density at radius 2 is 1.63 bits per heavy atom. The molecule has 0 saturated carbocycles. The minimum Gasteiger partial charge on any atom is -0.368 e. The molecule has 3 N–H and O–H groups in total. The molecule has 3 rings (SSSR count). The summed E-state index contributed by atoms with van der Waals surface area (Å²) in [4.78, 5) is 28.5. The molecule has 1 heterocycles. The Kier molecular flexibility index (Phi) is 6.32. The van der Waals surface area contributed by atoms with Crippen molar-refractivity contribution >= 4 is 29.1 Å². The second-order valence-corrected chi connectivity index (χ2v) is 6.89. The number of nitrogens with one attached hydrogen (secondary N) is 1. The van der Waals surface area contributed by atoms with E-state index in [1.165, 1.54) is 0 Å². The van der Waals surface area contributed by atoms with E-state index in [0.717, 1.165) is 24.3 Å². The highest BCUT2D eigenvalue weighted by atomic mass is 35.5. The third-order valence-electron chi connectivity index (χ3n) is 4.68. The van der Waals surface area contributed by atoms with Crippen LogP contribution in [0.1, 0.15) is 11.6 Å². The van der Waals surface area contributed by atoms with E-state index < -0.39 is 6.04 Å². The molecule has 2 aromatic carbocycles. The first-order valence-corrected chi connectivity index (χ1v) is 9.29. The van der Waals surface area contributed by atoms with Crippen LogP contribution in [0.25, 0.3) is 0 Å². The zero-order valence-electron chi connectivity index (χ0n) is 15.0. The quantitative estimate of drug-likeness (QED) is 0.821. The van der Waals surface area contributed by atoms with Crippen LogP contribution in [0, 0.1) is 0 Å². The second-order valence-electron chi connectivity index (χ2n) is 6.45. The van der Waals surface area contributed by atoms with Crippen molar-refractivity contribution in [2.24, 2.45) is 5.73 Å². The van der Waals surface area contributed by atoms with E-state index in [0.29, 0.717) is 18.1 Å². The summed E-state index contributed by atoms with van der Waals surface area (Å²) in [5, 5.41) is 3.35. The van der Waals surface area contributed by atoms with Crippen molar-refractivity contribution in [2.75, 3.05) is 37.6 Å². The number of piperazine rings is 1. The predicted molar refractivity (Wildman–Crippen MR) is 107 cm³/mol. The molecule has 1 saturated heterocycles. The summed E-state index contributed by atoms with van der Waals surface area (Å²) in [6.07, 6.45) is 0. The summed E-state index contributed by atoms with van der Waals surface area (Å²) in [6.45, 7) is 2.67. The Morgan fingerprint density at radius 3 is 2.26 bits per heavy atom. The van der Waals surface area contributed by atoms with E-state index in [-0.39, 0.29) is 18.4 Å². The molecule has 0 bridgehead atoms. The summed E-state index contributed by atoms with van der Waals surface area (Å²) in [7, 11) is 0. The number of carbonyl (C=O) groups excluding carboxylic acids is 2. The number of nitrogens with two attached hydrogens (primary N) is 1. The third-order valence-corrected chi connectivity index (χ3v) is 4.93. The topological polar surface area (TPSA) is 78.7 Å². The standard InChI is InChI=1S/C20H23ClN4O2/c21-16-6-8-17(9-7-16)24-10-12-25(13-11-24)18(26)14-23-20(27)19(22)15-4-2-1-3-5-15/h1-9,19H,10-14,22H2,(H,23,27). The predicted octanol–water partition coefficient (Wildman–Crippen LogP) is 1.80. The van der Waals surface area contributed by atoms with Gasteiger partial charge in [0.15, 0.2) is 0 Å². The number of hydrogen-bond donors (Lipinski definition) is 2. The van der Waals surface area contributed by atoms with E-state index in [9.17, 15) is 9.59 Å². The van der Waals surface area contributed by atoms with Gasteiger partial charge in [0, 0.05) is 36.9 Å². The molecule has 2 aromatic rings. The minimum absolute atomic E-state index is 0.0414. The summed E-state index contributed by atoms with van der Waals surface area (Å²) in [5.74, 6) is -0.450. The van der Waals surface area contributed by atoms with Crippen molar-refractivity contribution in [2.45, 2.75) is 6.04 Å². The van der Waals surface area contributed by atoms with Crippen molar-refractivity contribution in [3.05, 3.63) is 65.2 Å². The Morgan fingerprint density at radius 1 is 1.00 bits per heavy atom. The zero-order valence-corrected chi connectivity index (χ0v) is 15.7. The van der Waals surface area contributed by atoms with Gasteiger partial charge >= 0.3 is 0 Å². The second kappa shape index (κ2) is 8.88. The Balaban J connectivity index is 1.45. The molecule has 1 fully saturated rings. The van der Waals surface area contributed by atoms with Crippen LogP contribution in [-0.2, 0) is 9.59 Å². The van der Waals surface area contributed by atoms with Gasteiger partial charge in [-0.1, -0.05) is 41.9 Å². The number of anilines is 1. The number of halogens is 1. The van der Waals surface area contributed by atoms with Crippen molar-refractivity contribution in [1.29, 1.82) is 0 Å². The lowest BCUT2D eigenvalue weighted by Gasteiger charge is -2.36. The highest BCUT2D eigenvalue weighted by Gasteiger charge is 2.22. The first kappa shape index (κ1) is 19.2. The van der Waals surface area contributed by atoms with Gasteiger partial charge in [-0.05, 0) is 29.8 Å². The van der Waals surface area contributed by atoms with Crippen LogP contribution in [0.3, 0.4) is 0 Å². The largest absolute Gasteiger partial charge is 0.368 e. The van der Waals surface area contributed by atoms with Crippen molar-refractivity contribution in [3.8, 4) is 0 Å². The molecule has 1 atom stereocenters. The molecule has 1 unspecified atom stereocenters. The SMILES string of the molecule is NC(C(=O)NCC(=O)N1CCN(c2ccc(Cl)cc2)CC1)c1ccccc1. The molecule has 1 aliphatic heterocycles. The number of hydrogen-bond acceptors (Lipinski definition) is 4. The lowest BCUT2D eigenvalue weighted by Crippen LogP contribution is -2.51. The van der Waals surface area contributed by atoms with Crippen LogP contribution in [0.4, 0.5) is 5.69 Å². The van der Waals surface area contributed by atoms with E-state index in [1.54, 1.807) is 17.0 Å². The highest BCUT2D eigenvalue weighted by molar-refractivity contribution is 6.30. The van der Waals surface area contributed by atoms with E-state index in [4.69, 9.17) is 17.3 Å². The number of amides is 2. The lowest BCUT2D eigenvalue weighted by molar-refractivity contribution is -0.133. The normalized spacial score (nSPS) is 15.3. The van der Waals surface area contributed by atoms with Crippen LogP contribution in [0.2, 0.25) is 5.02 Å². The number of carbonyl (C=O) groups is 2. The molecule has 0 radical (unpaired) electrons. The molecule has 0 aliphatic carbocycles. The molecular weight excluding hydrogens is 364 g/mol. The van der Waals surface area contributed by atoms with Crippen LogP contribution in [0.15, 0.2) is 54.6 Å². The van der Waals surface area contributed by atoms with E-state index in [1.807, 2.05) is 42.5 Å². The van der Waals surface area contributed by atoms with Gasteiger partial charge < -0.3 is 20.9 Å². The molecular formula is C20H23ClN4O2. The Labute approximate surface area is 163 Å². The zero-order chi connectivity index (χ0) is 19.2. The molecule has 142 valence electrons. The first-order valence-electron chi connectivity index (χ1n) is 8.91. The van der Waals surface area contributed by atoms with Crippen LogP contribution in [0.5, 0.6) is 0 Å². The fourth-order valence-electron chi connectivity index (χ4n) is 3.06. The lowest BCUT2D eigenvalue weighted by atomic mass is 10.1. The van der Waals surface area contributed by atoms with Crippen LogP contribution in [-0.4, -0.2) is 49.4 Å². The number of benzene rings is 2. The Hall–Kier alpha value is -2.57. The van der Waals surface area contributed by atoms with Crippen molar-refractivity contribution < 1.29 is 9.59 Å². The van der Waals surface area contributed by atoms with Gasteiger partial charge in [0.1, 0.15) is 6.04 Å². The average Bonchev–Trinajstić information content (AvgIpc) is 2.72. The Bertz CT molecular complexity index is 774. The van der Waals surface area contributed by atoms with Crippen molar-refractivity contribution in [1.82, 2.24) is 10.2 Å². The molecule has 6 nitrogen and oxygen atoms in total. The van der Waals surface area contributed by atoms with Gasteiger partial charge in [-0.2, -0.15) is 0 Å². The maximum Gasteiger partial charge on any atom is 0.242 e. The monoisotopic (exact) mass is 386 g/mol. The maximum absolute atomic E-state index is 12.4. The highest BCUT2D eigenvalue weighted by Crippen LogP contribution is 2.19. The van der Waals surface area contributed by atoms with Gasteiger partial charge in [0.25, 0.3) is 0 Å². The average molecular weight is 387 g/mol. The smallest absolute Gasteiger partial charge is 0.242 e. The molecule has 0 aromatic heterocycles. The van der Waals surface area contributed by atoms with Crippen molar-refractivity contribution in [3.63, 3.8) is 0 Å². The van der Waals surface area contributed by atoms with Gasteiger partial charge in [-0.25, -0.2) is 0 Å². The third kappa shape index (κ3) is 4.99. The summed E-state index contributed by atoms with van der Waals surface area (Å²) in [6, 6.07) is 16.0. The first-order chi connectivity index (χ1) is 13.0. The minimum atomic E-state index is -0.777. The van der Waals surface area contributed by atoms with Crippen LogP contribution >= 0.6 is 11.6 Å². The number of nitrogens with zero attached hydrogens (tertiary/aromatic N) is 2. The number of rotatable bonds is 5. The van der Waals surface area contributed by atoms with Gasteiger partial charge in [0.2, 0.25) is 11.8 Å². The van der Waals surface area contributed by atoms with Crippen LogP contribution < -0.4 is 16.0 Å². The molecule has 27 heavy (non-hydrogen) atoms. The molecule has 2 amide bonds. The fourth-order valence-corrected chi connectivity index (χ4v) is 3.19. The maximum atomic E-state index is 12.4. The summed E-state index contributed by atoms with van der Waals surface area (Å²) >= 11 is 5.92. The molecule has 0 spiro atoms. The fraction of sp³-hybridized carbons (Fsp3) is 0.300.